The molecule has 1 aromatic carbocycles. The van der Waals surface area contributed by atoms with E-state index in [2.05, 4.69) is 20.4 Å². The van der Waals surface area contributed by atoms with Crippen molar-refractivity contribution in [2.24, 2.45) is 0 Å². The molecule has 1 N–H and O–H groups in total. The Bertz CT molecular complexity index is 1090. The van der Waals surface area contributed by atoms with E-state index in [-0.39, 0.29) is 5.91 Å². The van der Waals surface area contributed by atoms with Crippen LogP contribution in [0, 0.1) is 0 Å². The number of anilines is 1. The molecule has 0 aliphatic rings. The Balaban J connectivity index is 1.52. The molecule has 9 heteroatoms. The maximum Gasteiger partial charge on any atom is 0.262 e. The lowest BCUT2D eigenvalue weighted by Crippen LogP contribution is -2.11. The number of thiazole rings is 1. The van der Waals surface area contributed by atoms with Crippen LogP contribution in [0.4, 0.5) is 5.13 Å². The summed E-state index contributed by atoms with van der Waals surface area (Å²) in [5, 5.41) is 8.59. The highest BCUT2D eigenvalue weighted by Crippen LogP contribution is 2.29. The van der Waals surface area contributed by atoms with Gasteiger partial charge in [0.15, 0.2) is 10.8 Å². The maximum atomic E-state index is 12.5. The lowest BCUT2D eigenvalue weighted by atomic mass is 10.1. The zero-order valence-electron chi connectivity index (χ0n) is 13.2. The van der Waals surface area contributed by atoms with Crippen molar-refractivity contribution in [3.63, 3.8) is 0 Å². The largest absolute Gasteiger partial charge is 0.298 e. The molecule has 0 bridgehead atoms. The molecule has 0 unspecified atom stereocenters. The predicted octanol–water partition coefficient (Wildman–Crippen LogP) is 4.34. The zero-order chi connectivity index (χ0) is 18.1. The average Bonchev–Trinajstić information content (AvgIpc) is 3.25. The minimum absolute atomic E-state index is 0.310. The van der Waals surface area contributed by atoms with E-state index in [1.165, 1.54) is 17.5 Å². The summed E-state index contributed by atoms with van der Waals surface area (Å²) in [5.41, 5.74) is 1.71. The molecule has 0 spiro atoms. The van der Waals surface area contributed by atoms with Gasteiger partial charge in [-0.2, -0.15) is 5.10 Å². The van der Waals surface area contributed by atoms with Gasteiger partial charge in [-0.15, -0.1) is 11.3 Å². The molecule has 130 valence electrons. The second-order valence-corrected chi connectivity index (χ2v) is 7.34. The molecule has 0 radical (unpaired) electrons. The highest BCUT2D eigenvalue weighted by Gasteiger charge is 2.16. The fourth-order valence-electron chi connectivity index (χ4n) is 2.47. The number of benzene rings is 1. The number of rotatable bonds is 4. The first-order chi connectivity index (χ1) is 12.6. The van der Waals surface area contributed by atoms with E-state index in [1.807, 2.05) is 0 Å². The van der Waals surface area contributed by atoms with E-state index in [9.17, 15) is 4.79 Å². The average molecular weight is 404 g/mol. The van der Waals surface area contributed by atoms with Crippen molar-refractivity contribution in [1.82, 2.24) is 19.6 Å². The fraction of sp³-hybridized carbons (Fsp3) is 0.0588. The molecular weight excluding hydrogens is 393 g/mol. The first kappa shape index (κ1) is 17.0. The van der Waals surface area contributed by atoms with Crippen molar-refractivity contribution in [2.45, 2.75) is 6.42 Å². The van der Waals surface area contributed by atoms with Gasteiger partial charge >= 0.3 is 0 Å². The van der Waals surface area contributed by atoms with Crippen molar-refractivity contribution in [1.29, 1.82) is 0 Å². The quantitative estimate of drug-likeness (QED) is 0.550. The molecule has 0 atom stereocenters. The Kier molecular flexibility index (Phi) is 4.58. The molecule has 0 saturated carbocycles. The summed E-state index contributed by atoms with van der Waals surface area (Å²) in [6.45, 7) is 0. The van der Waals surface area contributed by atoms with Crippen LogP contribution in [0.2, 0.25) is 10.0 Å². The number of carbonyl (C=O) groups excluding carboxylic acids is 1. The van der Waals surface area contributed by atoms with Crippen LogP contribution < -0.4 is 5.32 Å². The third kappa shape index (κ3) is 3.29. The van der Waals surface area contributed by atoms with Crippen molar-refractivity contribution >= 4 is 51.2 Å². The van der Waals surface area contributed by atoms with Crippen LogP contribution in [0.15, 0.2) is 49.1 Å². The zero-order valence-corrected chi connectivity index (χ0v) is 15.5. The van der Waals surface area contributed by atoms with Crippen LogP contribution in [0.5, 0.6) is 0 Å². The highest BCUT2D eigenvalue weighted by molar-refractivity contribution is 7.15. The van der Waals surface area contributed by atoms with E-state index in [0.29, 0.717) is 32.8 Å². The van der Waals surface area contributed by atoms with Gasteiger partial charge in [0.25, 0.3) is 5.91 Å². The second-order valence-electron chi connectivity index (χ2n) is 5.41. The molecule has 4 aromatic rings. The summed E-state index contributed by atoms with van der Waals surface area (Å²) in [5.74, 6) is -0.310. The Morgan fingerprint density at radius 1 is 1.15 bits per heavy atom. The Morgan fingerprint density at radius 3 is 2.77 bits per heavy atom. The van der Waals surface area contributed by atoms with Crippen LogP contribution in [-0.4, -0.2) is 25.5 Å². The first-order valence-electron chi connectivity index (χ1n) is 7.59. The number of aromatic nitrogens is 4. The van der Waals surface area contributed by atoms with Crippen molar-refractivity contribution < 1.29 is 4.79 Å². The molecule has 0 aliphatic heterocycles. The van der Waals surface area contributed by atoms with Gasteiger partial charge in [-0.25, -0.2) is 14.5 Å². The third-order valence-electron chi connectivity index (χ3n) is 3.71. The summed E-state index contributed by atoms with van der Waals surface area (Å²) < 4.78 is 1.54. The lowest BCUT2D eigenvalue weighted by Gasteiger charge is -2.04. The van der Waals surface area contributed by atoms with E-state index >= 15 is 0 Å². The van der Waals surface area contributed by atoms with Crippen LogP contribution >= 0.6 is 34.5 Å². The molecule has 0 aliphatic carbocycles. The number of nitrogens with zero attached hydrogens (tertiary/aromatic N) is 4. The van der Waals surface area contributed by atoms with Crippen molar-refractivity contribution in [3.05, 3.63) is 75.1 Å². The minimum Gasteiger partial charge on any atom is -0.298 e. The van der Waals surface area contributed by atoms with Gasteiger partial charge in [-0.1, -0.05) is 29.3 Å². The number of fused-ring (bicyclic) bond motifs is 1. The van der Waals surface area contributed by atoms with Gasteiger partial charge in [-0.3, -0.25) is 10.1 Å². The monoisotopic (exact) mass is 403 g/mol. The normalized spacial score (nSPS) is 11.0. The molecule has 3 aromatic heterocycles. The Morgan fingerprint density at radius 2 is 1.96 bits per heavy atom. The van der Waals surface area contributed by atoms with Gasteiger partial charge in [0, 0.05) is 39.9 Å². The van der Waals surface area contributed by atoms with Crippen molar-refractivity contribution in [2.75, 3.05) is 5.32 Å². The molecule has 0 saturated heterocycles. The number of hydrogen-bond acceptors (Lipinski definition) is 5. The van der Waals surface area contributed by atoms with E-state index in [4.69, 9.17) is 23.2 Å². The summed E-state index contributed by atoms with van der Waals surface area (Å²) in [6.07, 6.45) is 7.07. The number of carbonyl (C=O) groups is 1. The highest BCUT2D eigenvalue weighted by atomic mass is 35.5. The fourth-order valence-corrected chi connectivity index (χ4v) is 3.82. The standard InChI is InChI=1S/C17H11Cl2N5OS/c18-13-3-1-4-14(19)11(13)7-10-8-21-17(26-10)23-16(25)12-9-22-24-6-2-5-20-15(12)24/h1-6,8-9H,7H2,(H,21,23,25). The summed E-state index contributed by atoms with van der Waals surface area (Å²) in [6, 6.07) is 7.14. The SMILES string of the molecule is O=C(Nc1ncc(Cc2c(Cl)cccc2Cl)s1)c1cnn2cccnc12. The first-order valence-corrected chi connectivity index (χ1v) is 9.16. The minimum atomic E-state index is -0.310. The number of amides is 1. The van der Waals surface area contributed by atoms with Gasteiger partial charge < -0.3 is 0 Å². The van der Waals surface area contributed by atoms with E-state index in [1.54, 1.807) is 47.4 Å². The van der Waals surface area contributed by atoms with E-state index in [0.717, 1.165) is 10.4 Å². The van der Waals surface area contributed by atoms with Crippen LogP contribution in [0.1, 0.15) is 20.8 Å². The molecule has 4 rings (SSSR count). The molecule has 26 heavy (non-hydrogen) atoms. The molecule has 0 fully saturated rings. The van der Waals surface area contributed by atoms with Gasteiger partial charge in [-0.05, 0) is 23.8 Å². The topological polar surface area (TPSA) is 72.2 Å². The molecular formula is C17H11Cl2N5OS. The maximum absolute atomic E-state index is 12.5. The predicted molar refractivity (Wildman–Crippen MR) is 102 cm³/mol. The van der Waals surface area contributed by atoms with Crippen LogP contribution in [-0.2, 0) is 6.42 Å². The second kappa shape index (κ2) is 7.03. The van der Waals surface area contributed by atoms with Gasteiger partial charge in [0.05, 0.1) is 6.20 Å². The van der Waals surface area contributed by atoms with Crippen LogP contribution in [0.3, 0.4) is 0 Å². The van der Waals surface area contributed by atoms with E-state index < -0.39 is 0 Å². The van der Waals surface area contributed by atoms with Gasteiger partial charge in [0.1, 0.15) is 5.56 Å². The smallest absolute Gasteiger partial charge is 0.262 e. The molecule has 3 heterocycles. The van der Waals surface area contributed by atoms with Crippen LogP contribution in [0.25, 0.3) is 5.65 Å². The number of nitrogens with one attached hydrogen (secondary N) is 1. The summed E-state index contributed by atoms with van der Waals surface area (Å²) in [4.78, 5) is 21.9. The number of hydrogen-bond donors (Lipinski definition) is 1. The Labute approximate surface area is 162 Å². The van der Waals surface area contributed by atoms with Crippen molar-refractivity contribution in [3.8, 4) is 0 Å². The molecule has 6 nitrogen and oxygen atoms in total. The Hall–Kier alpha value is -2.48. The molecule has 1 amide bonds. The van der Waals surface area contributed by atoms with Gasteiger partial charge in [0.2, 0.25) is 0 Å². The lowest BCUT2D eigenvalue weighted by molar-refractivity contribution is 0.102. The number of halogens is 2. The third-order valence-corrected chi connectivity index (χ3v) is 5.33. The summed E-state index contributed by atoms with van der Waals surface area (Å²) in [7, 11) is 0. The summed E-state index contributed by atoms with van der Waals surface area (Å²) >= 11 is 13.8.